The lowest BCUT2D eigenvalue weighted by Gasteiger charge is -2.44. The number of piperidine rings is 1. The van der Waals surface area contributed by atoms with E-state index in [1.54, 1.807) is 24.3 Å². The first-order valence-electron chi connectivity index (χ1n) is 14.1. The first-order valence-corrected chi connectivity index (χ1v) is 16.0. The van der Waals surface area contributed by atoms with Gasteiger partial charge in [0.2, 0.25) is 5.91 Å². The summed E-state index contributed by atoms with van der Waals surface area (Å²) in [6, 6.07) is 20.0. The fourth-order valence-electron chi connectivity index (χ4n) is 6.11. The van der Waals surface area contributed by atoms with Gasteiger partial charge in [0.25, 0.3) is 0 Å². The Morgan fingerprint density at radius 3 is 2.11 bits per heavy atom. The second-order valence-electron chi connectivity index (χ2n) is 10.8. The highest BCUT2D eigenvalue weighted by molar-refractivity contribution is 7.91. The summed E-state index contributed by atoms with van der Waals surface area (Å²) in [6.07, 6.45) is 5.08. The smallest absolute Gasteiger partial charge is 0.246 e. The summed E-state index contributed by atoms with van der Waals surface area (Å²) in [7, 11) is -1.45. The number of carbonyl (C=O) groups excluding carboxylic acids is 1. The maximum atomic E-state index is 13.9. The van der Waals surface area contributed by atoms with Crippen molar-refractivity contribution in [1.29, 1.82) is 0 Å². The molecule has 0 radical (unpaired) electrons. The molecule has 4 rings (SSSR count). The Kier molecular flexibility index (Phi) is 9.98. The fraction of sp³-hybridized carbons (Fsp3) is 0.567. The van der Waals surface area contributed by atoms with Crippen molar-refractivity contribution in [2.45, 2.75) is 50.1 Å². The molecule has 0 saturated carbocycles. The van der Waals surface area contributed by atoms with Crippen LogP contribution in [0.1, 0.15) is 55.0 Å². The maximum absolute atomic E-state index is 13.9. The van der Waals surface area contributed by atoms with Crippen molar-refractivity contribution in [2.24, 2.45) is 0 Å². The standard InChI is InChI=1S/C30H44N4O3S/c1-4-34(30(35)29(38(3,36)37)26-15-9-6-10-16-26)28-17-11-12-19-33(28)20-18-27(25-13-7-5-8-14-25)32-23-21-31(2)22-24-32/h5-10,13-16,27-29H,4,11-12,17-24H2,1-3H3. The van der Waals surface area contributed by atoms with Crippen molar-refractivity contribution in [2.75, 3.05) is 59.1 Å². The average molecular weight is 541 g/mol. The molecule has 2 fully saturated rings. The minimum atomic E-state index is -3.63. The van der Waals surface area contributed by atoms with Crippen LogP contribution in [0.5, 0.6) is 0 Å². The minimum Gasteiger partial charge on any atom is -0.326 e. The summed E-state index contributed by atoms with van der Waals surface area (Å²) in [6.45, 7) is 8.48. The van der Waals surface area contributed by atoms with Crippen LogP contribution in [0.4, 0.5) is 0 Å². The van der Waals surface area contributed by atoms with E-state index in [2.05, 4.69) is 52.1 Å². The molecule has 2 aromatic rings. The van der Waals surface area contributed by atoms with Crippen molar-refractivity contribution < 1.29 is 13.2 Å². The lowest BCUT2D eigenvalue weighted by Crippen LogP contribution is -2.55. The third-order valence-corrected chi connectivity index (χ3v) is 9.50. The zero-order chi connectivity index (χ0) is 27.1. The Bertz CT molecular complexity index is 1120. The zero-order valence-corrected chi connectivity index (χ0v) is 24.0. The summed E-state index contributed by atoms with van der Waals surface area (Å²) >= 11 is 0. The number of hydrogen-bond donors (Lipinski definition) is 0. The number of piperazine rings is 1. The number of amides is 1. The fourth-order valence-corrected chi connectivity index (χ4v) is 7.26. The second kappa shape index (κ2) is 13.2. The monoisotopic (exact) mass is 540 g/mol. The summed E-state index contributed by atoms with van der Waals surface area (Å²) < 4.78 is 25.7. The van der Waals surface area contributed by atoms with Crippen LogP contribution in [-0.2, 0) is 14.6 Å². The van der Waals surface area contributed by atoms with E-state index in [0.29, 0.717) is 18.2 Å². The van der Waals surface area contributed by atoms with Crippen LogP contribution in [0.15, 0.2) is 60.7 Å². The Morgan fingerprint density at radius 1 is 0.921 bits per heavy atom. The van der Waals surface area contributed by atoms with E-state index < -0.39 is 15.1 Å². The van der Waals surface area contributed by atoms with Gasteiger partial charge in [0.15, 0.2) is 15.1 Å². The van der Waals surface area contributed by atoms with Gasteiger partial charge in [-0.15, -0.1) is 0 Å². The highest BCUT2D eigenvalue weighted by Crippen LogP contribution is 2.31. The molecule has 0 spiro atoms. The average Bonchev–Trinajstić information content (AvgIpc) is 2.91. The Labute approximate surface area is 229 Å². The third kappa shape index (κ3) is 7.03. The van der Waals surface area contributed by atoms with Crippen molar-refractivity contribution in [3.63, 3.8) is 0 Å². The number of nitrogens with zero attached hydrogens (tertiary/aromatic N) is 4. The van der Waals surface area contributed by atoms with E-state index in [0.717, 1.165) is 65.0 Å². The van der Waals surface area contributed by atoms with Crippen LogP contribution >= 0.6 is 0 Å². The SMILES string of the molecule is CCN(C(=O)C(c1ccccc1)S(C)(=O)=O)C1CCCCN1CCC(c1ccccc1)N1CCN(C)CC1. The predicted octanol–water partition coefficient (Wildman–Crippen LogP) is 3.81. The summed E-state index contributed by atoms with van der Waals surface area (Å²) in [5.41, 5.74) is 1.88. The van der Waals surface area contributed by atoms with Gasteiger partial charge in [-0.2, -0.15) is 0 Å². The molecule has 0 aromatic heterocycles. The molecule has 0 bridgehead atoms. The van der Waals surface area contributed by atoms with Gasteiger partial charge in [-0.25, -0.2) is 8.42 Å². The van der Waals surface area contributed by atoms with Gasteiger partial charge in [-0.3, -0.25) is 14.6 Å². The molecule has 2 aromatic carbocycles. The molecular weight excluding hydrogens is 496 g/mol. The number of likely N-dealkylation sites (tertiary alicyclic amines) is 1. The van der Waals surface area contributed by atoms with Crippen molar-refractivity contribution in [3.05, 3.63) is 71.8 Å². The van der Waals surface area contributed by atoms with Crippen molar-refractivity contribution in [1.82, 2.24) is 19.6 Å². The minimum absolute atomic E-state index is 0.0851. The molecule has 3 unspecified atom stereocenters. The molecule has 2 heterocycles. The molecule has 8 heteroatoms. The maximum Gasteiger partial charge on any atom is 0.246 e. The highest BCUT2D eigenvalue weighted by Gasteiger charge is 2.39. The molecule has 38 heavy (non-hydrogen) atoms. The molecule has 7 nitrogen and oxygen atoms in total. The van der Waals surface area contributed by atoms with Crippen LogP contribution in [0.25, 0.3) is 0 Å². The quantitative estimate of drug-likeness (QED) is 0.457. The second-order valence-corrected chi connectivity index (χ2v) is 12.9. The molecular formula is C30H44N4O3S. The molecule has 0 N–H and O–H groups in total. The number of rotatable bonds is 10. The van der Waals surface area contributed by atoms with Crippen LogP contribution < -0.4 is 0 Å². The Morgan fingerprint density at radius 2 is 1.53 bits per heavy atom. The van der Waals surface area contributed by atoms with Gasteiger partial charge < -0.3 is 9.80 Å². The van der Waals surface area contributed by atoms with Crippen molar-refractivity contribution >= 4 is 15.7 Å². The molecule has 1 amide bonds. The molecule has 2 aliphatic rings. The topological polar surface area (TPSA) is 64.2 Å². The predicted molar refractivity (Wildman–Crippen MR) is 153 cm³/mol. The van der Waals surface area contributed by atoms with Gasteiger partial charge in [0, 0.05) is 58.1 Å². The van der Waals surface area contributed by atoms with E-state index in [9.17, 15) is 13.2 Å². The van der Waals surface area contributed by atoms with Gasteiger partial charge in [-0.1, -0.05) is 60.7 Å². The summed E-state index contributed by atoms with van der Waals surface area (Å²) in [5.74, 6) is -0.309. The zero-order valence-electron chi connectivity index (χ0n) is 23.2. The Balaban J connectivity index is 1.54. The number of carbonyl (C=O) groups is 1. The van der Waals surface area contributed by atoms with Crippen LogP contribution in [-0.4, -0.2) is 99.2 Å². The van der Waals surface area contributed by atoms with E-state index in [1.165, 1.54) is 11.8 Å². The van der Waals surface area contributed by atoms with Crippen LogP contribution in [0.3, 0.4) is 0 Å². The largest absolute Gasteiger partial charge is 0.326 e. The van der Waals surface area contributed by atoms with Gasteiger partial charge >= 0.3 is 0 Å². The van der Waals surface area contributed by atoms with E-state index >= 15 is 0 Å². The van der Waals surface area contributed by atoms with Gasteiger partial charge in [0.1, 0.15) is 0 Å². The molecule has 0 aliphatic carbocycles. The van der Waals surface area contributed by atoms with Gasteiger partial charge in [0.05, 0.1) is 6.17 Å². The Hall–Kier alpha value is -2.26. The first kappa shape index (κ1) is 28.7. The third-order valence-electron chi connectivity index (χ3n) is 8.17. The summed E-state index contributed by atoms with van der Waals surface area (Å²) in [4.78, 5) is 23.2. The van der Waals surface area contributed by atoms with Crippen molar-refractivity contribution in [3.8, 4) is 0 Å². The normalized spacial score (nSPS) is 21.6. The number of hydrogen-bond acceptors (Lipinski definition) is 6. The van der Waals surface area contributed by atoms with E-state index in [-0.39, 0.29) is 12.1 Å². The van der Waals surface area contributed by atoms with E-state index in [1.807, 2.05) is 17.9 Å². The van der Waals surface area contributed by atoms with E-state index in [4.69, 9.17) is 0 Å². The number of likely N-dealkylation sites (N-methyl/N-ethyl adjacent to an activating group) is 2. The number of benzene rings is 2. The lowest BCUT2D eigenvalue weighted by atomic mass is 9.99. The lowest BCUT2D eigenvalue weighted by molar-refractivity contribution is -0.138. The first-order chi connectivity index (χ1) is 18.3. The molecule has 3 atom stereocenters. The molecule has 2 aliphatic heterocycles. The molecule has 208 valence electrons. The molecule has 2 saturated heterocycles. The van der Waals surface area contributed by atoms with Crippen LogP contribution in [0, 0.1) is 0 Å². The summed E-state index contributed by atoms with van der Waals surface area (Å²) in [5, 5.41) is -1.17. The number of sulfone groups is 1. The highest BCUT2D eigenvalue weighted by atomic mass is 32.2. The van der Waals surface area contributed by atoms with Gasteiger partial charge in [-0.05, 0) is 50.8 Å². The van der Waals surface area contributed by atoms with Crippen LogP contribution in [0.2, 0.25) is 0 Å².